The zero-order chi connectivity index (χ0) is 25.9. The van der Waals surface area contributed by atoms with Crippen LogP contribution in [0.25, 0.3) is 0 Å². The molecule has 1 N–H and O–H groups in total. The van der Waals surface area contributed by atoms with E-state index in [1.54, 1.807) is 0 Å². The van der Waals surface area contributed by atoms with Crippen LogP contribution >= 0.6 is 0 Å². The van der Waals surface area contributed by atoms with Gasteiger partial charge in [-0.1, -0.05) is 25.1 Å². The summed E-state index contributed by atoms with van der Waals surface area (Å²) >= 11 is 0. The molecule has 0 aliphatic carbocycles. The van der Waals surface area contributed by atoms with Crippen molar-refractivity contribution in [3.05, 3.63) is 57.6 Å². The minimum atomic E-state index is -3.85. The SMILES string of the molecule is CCc1cccc(C)c1NC(=O)C1CCN(c2ccc(S(=O)(=O)N3CCOCC3)cc2[N+](=O)[O-])CC1. The zero-order valence-corrected chi connectivity index (χ0v) is 21.4. The number of hydrogen-bond donors (Lipinski definition) is 1. The minimum Gasteiger partial charge on any atom is -0.379 e. The highest BCUT2D eigenvalue weighted by atomic mass is 32.2. The van der Waals surface area contributed by atoms with Gasteiger partial charge in [-0.05, 0) is 49.4 Å². The van der Waals surface area contributed by atoms with E-state index in [-0.39, 0.29) is 35.5 Å². The number of para-hydroxylation sites is 1. The van der Waals surface area contributed by atoms with Gasteiger partial charge in [0.15, 0.2) is 0 Å². The lowest BCUT2D eigenvalue weighted by atomic mass is 9.94. The van der Waals surface area contributed by atoms with Crippen LogP contribution in [0.2, 0.25) is 0 Å². The molecule has 0 saturated carbocycles. The van der Waals surface area contributed by atoms with Crippen LogP contribution in [0, 0.1) is 23.0 Å². The monoisotopic (exact) mass is 516 g/mol. The van der Waals surface area contributed by atoms with Gasteiger partial charge in [-0.3, -0.25) is 14.9 Å². The Hall–Kier alpha value is -3.02. The van der Waals surface area contributed by atoms with Crippen LogP contribution in [0.1, 0.15) is 30.9 Å². The molecule has 0 atom stereocenters. The van der Waals surface area contributed by atoms with Crippen LogP contribution in [-0.2, 0) is 26.0 Å². The smallest absolute Gasteiger partial charge is 0.293 e. The van der Waals surface area contributed by atoms with Gasteiger partial charge in [0.1, 0.15) is 5.69 Å². The van der Waals surface area contributed by atoms with Crippen molar-refractivity contribution < 1.29 is 22.9 Å². The maximum absolute atomic E-state index is 13.0. The fourth-order valence-electron chi connectivity index (χ4n) is 4.82. The Bertz CT molecular complexity index is 1240. The van der Waals surface area contributed by atoms with E-state index in [1.165, 1.54) is 16.4 Å². The summed E-state index contributed by atoms with van der Waals surface area (Å²) in [5, 5.41) is 15.0. The summed E-state index contributed by atoms with van der Waals surface area (Å²) in [4.78, 5) is 26.1. The largest absolute Gasteiger partial charge is 0.379 e. The Balaban J connectivity index is 1.47. The number of hydrogen-bond acceptors (Lipinski definition) is 7. The Labute approximate surface area is 211 Å². The van der Waals surface area contributed by atoms with Crippen molar-refractivity contribution in [1.29, 1.82) is 0 Å². The van der Waals surface area contributed by atoms with Gasteiger partial charge in [-0.15, -0.1) is 0 Å². The molecule has 0 radical (unpaired) electrons. The maximum atomic E-state index is 13.0. The van der Waals surface area contributed by atoms with E-state index < -0.39 is 14.9 Å². The second-order valence-electron chi connectivity index (χ2n) is 9.14. The number of carbonyl (C=O) groups excluding carboxylic acids is 1. The number of carbonyl (C=O) groups is 1. The standard InChI is InChI=1S/C25H32N4O6S/c1-3-19-6-4-5-18(2)24(19)26-25(30)20-9-11-27(12-10-20)22-8-7-21(17-23(22)29(31)32)36(33,34)28-13-15-35-16-14-28/h4-8,17,20H,3,9-16H2,1-2H3,(H,26,30). The van der Waals surface area contributed by atoms with E-state index in [2.05, 4.69) is 5.32 Å². The first kappa shape index (κ1) is 26.1. The van der Waals surface area contributed by atoms with Crippen molar-refractivity contribution in [3.8, 4) is 0 Å². The number of amides is 1. The number of ether oxygens (including phenoxy) is 1. The van der Waals surface area contributed by atoms with E-state index >= 15 is 0 Å². The first-order chi connectivity index (χ1) is 17.2. The number of piperidine rings is 1. The average molecular weight is 517 g/mol. The Morgan fingerprint density at radius 1 is 1.14 bits per heavy atom. The molecule has 2 saturated heterocycles. The highest BCUT2D eigenvalue weighted by Gasteiger charge is 2.32. The Morgan fingerprint density at radius 2 is 1.83 bits per heavy atom. The third-order valence-electron chi connectivity index (χ3n) is 6.95. The van der Waals surface area contributed by atoms with Gasteiger partial charge in [0.25, 0.3) is 5.69 Å². The van der Waals surface area contributed by atoms with Gasteiger partial charge >= 0.3 is 0 Å². The first-order valence-corrected chi connectivity index (χ1v) is 13.7. The molecule has 0 unspecified atom stereocenters. The van der Waals surface area contributed by atoms with Gasteiger partial charge < -0.3 is 15.0 Å². The molecule has 1 amide bonds. The van der Waals surface area contributed by atoms with Crippen molar-refractivity contribution in [3.63, 3.8) is 0 Å². The number of benzene rings is 2. The van der Waals surface area contributed by atoms with Gasteiger partial charge in [0, 0.05) is 43.9 Å². The lowest BCUT2D eigenvalue weighted by molar-refractivity contribution is -0.384. The lowest BCUT2D eigenvalue weighted by Gasteiger charge is -2.33. The number of morpholine rings is 1. The van der Waals surface area contributed by atoms with Crippen molar-refractivity contribution >= 4 is 33.0 Å². The number of nitrogens with zero attached hydrogens (tertiary/aromatic N) is 3. The third kappa shape index (κ3) is 5.37. The van der Waals surface area contributed by atoms with Crippen LogP contribution in [0.15, 0.2) is 41.3 Å². The van der Waals surface area contributed by atoms with Crippen LogP contribution in [-0.4, -0.2) is 62.9 Å². The number of aryl methyl sites for hydroxylation is 2. The lowest BCUT2D eigenvalue weighted by Crippen LogP contribution is -2.40. The number of anilines is 2. The molecule has 2 aromatic carbocycles. The highest BCUT2D eigenvalue weighted by molar-refractivity contribution is 7.89. The van der Waals surface area contributed by atoms with E-state index in [0.717, 1.165) is 29.3 Å². The Morgan fingerprint density at radius 3 is 2.47 bits per heavy atom. The highest BCUT2D eigenvalue weighted by Crippen LogP contribution is 2.35. The second kappa shape index (κ2) is 10.9. The molecule has 194 valence electrons. The summed E-state index contributed by atoms with van der Waals surface area (Å²) in [6, 6.07) is 10.0. The van der Waals surface area contributed by atoms with E-state index in [9.17, 15) is 23.3 Å². The number of nitro groups is 1. The maximum Gasteiger partial charge on any atom is 0.293 e. The Kier molecular flexibility index (Phi) is 7.91. The van der Waals surface area contributed by atoms with Crippen LogP contribution in [0.3, 0.4) is 0 Å². The van der Waals surface area contributed by atoms with Crippen LogP contribution < -0.4 is 10.2 Å². The molecule has 10 nitrogen and oxygen atoms in total. The van der Waals surface area contributed by atoms with Crippen molar-refractivity contribution in [1.82, 2.24) is 4.31 Å². The molecule has 2 aromatic rings. The molecule has 2 heterocycles. The van der Waals surface area contributed by atoms with Crippen molar-refractivity contribution in [2.24, 2.45) is 5.92 Å². The van der Waals surface area contributed by atoms with Gasteiger partial charge in [-0.2, -0.15) is 4.31 Å². The number of nitrogens with one attached hydrogen (secondary N) is 1. The summed E-state index contributed by atoms with van der Waals surface area (Å²) in [6.45, 7) is 5.97. The molecule has 2 aliphatic rings. The molecule has 2 aliphatic heterocycles. The second-order valence-corrected chi connectivity index (χ2v) is 11.1. The molecule has 0 spiro atoms. The average Bonchev–Trinajstić information content (AvgIpc) is 2.90. The quantitative estimate of drug-likeness (QED) is 0.442. The molecular weight excluding hydrogens is 484 g/mol. The topological polar surface area (TPSA) is 122 Å². The number of sulfonamides is 1. The number of rotatable bonds is 7. The molecule has 0 bridgehead atoms. The summed E-state index contributed by atoms with van der Waals surface area (Å²) in [7, 11) is -3.85. The fourth-order valence-corrected chi connectivity index (χ4v) is 6.25. The predicted octanol–water partition coefficient (Wildman–Crippen LogP) is 3.34. The van der Waals surface area contributed by atoms with E-state index in [4.69, 9.17) is 4.74 Å². The predicted molar refractivity (Wildman–Crippen MR) is 137 cm³/mol. The summed E-state index contributed by atoms with van der Waals surface area (Å²) < 4.78 is 32.5. The summed E-state index contributed by atoms with van der Waals surface area (Å²) in [6.07, 6.45) is 1.91. The molecule has 36 heavy (non-hydrogen) atoms. The molecular formula is C25H32N4O6S. The molecule has 4 rings (SSSR count). The summed E-state index contributed by atoms with van der Waals surface area (Å²) in [5.41, 5.74) is 3.08. The molecule has 11 heteroatoms. The molecule has 0 aromatic heterocycles. The van der Waals surface area contributed by atoms with E-state index in [0.29, 0.717) is 44.8 Å². The normalized spacial score (nSPS) is 17.7. The molecule has 2 fully saturated rings. The van der Waals surface area contributed by atoms with Gasteiger partial charge in [0.2, 0.25) is 15.9 Å². The van der Waals surface area contributed by atoms with E-state index in [1.807, 2.05) is 36.9 Å². The van der Waals surface area contributed by atoms with Crippen LogP contribution in [0.4, 0.5) is 17.1 Å². The van der Waals surface area contributed by atoms with Crippen molar-refractivity contribution in [2.45, 2.75) is 38.0 Å². The van der Waals surface area contributed by atoms with Gasteiger partial charge in [-0.25, -0.2) is 8.42 Å². The zero-order valence-electron chi connectivity index (χ0n) is 20.6. The number of nitro benzene ring substituents is 1. The third-order valence-corrected chi connectivity index (χ3v) is 8.84. The van der Waals surface area contributed by atoms with Crippen LogP contribution in [0.5, 0.6) is 0 Å². The summed E-state index contributed by atoms with van der Waals surface area (Å²) in [5.74, 6) is -0.245. The first-order valence-electron chi connectivity index (χ1n) is 12.2. The fraction of sp³-hybridized carbons (Fsp3) is 0.480. The minimum absolute atomic E-state index is 0.0416. The van der Waals surface area contributed by atoms with Gasteiger partial charge in [0.05, 0.1) is 23.0 Å². The van der Waals surface area contributed by atoms with Crippen molar-refractivity contribution in [2.75, 3.05) is 49.6 Å².